The number of rotatable bonds is 4. The van der Waals surface area contributed by atoms with Crippen LogP contribution in [0.1, 0.15) is 16.8 Å². The van der Waals surface area contributed by atoms with Gasteiger partial charge in [0.1, 0.15) is 23.1 Å². The lowest BCUT2D eigenvalue weighted by Gasteiger charge is -2.05. The molecule has 8 nitrogen and oxygen atoms in total. The molecule has 0 aliphatic carbocycles. The van der Waals surface area contributed by atoms with Gasteiger partial charge in [-0.3, -0.25) is 19.4 Å². The summed E-state index contributed by atoms with van der Waals surface area (Å²) < 4.78 is 5.71. The van der Waals surface area contributed by atoms with Gasteiger partial charge in [-0.25, -0.2) is 0 Å². The number of benzene rings is 2. The van der Waals surface area contributed by atoms with Crippen LogP contribution in [-0.2, 0) is 11.4 Å². The van der Waals surface area contributed by atoms with Gasteiger partial charge in [-0.2, -0.15) is 0 Å². The molecule has 0 radical (unpaired) electrons. The van der Waals surface area contributed by atoms with Crippen molar-refractivity contribution in [2.45, 2.75) is 6.61 Å². The van der Waals surface area contributed by atoms with Crippen LogP contribution in [-0.4, -0.2) is 20.9 Å². The molecule has 2 aromatic carbocycles. The molecular weight excluding hydrogens is 420 g/mol. The topological polar surface area (TPSA) is 117 Å². The van der Waals surface area contributed by atoms with Crippen LogP contribution in [0.5, 0.6) is 5.75 Å². The molecule has 33 heavy (non-hydrogen) atoms. The van der Waals surface area contributed by atoms with Gasteiger partial charge >= 0.3 is 0 Å². The van der Waals surface area contributed by atoms with E-state index in [9.17, 15) is 14.4 Å². The average Bonchev–Trinajstić information content (AvgIpc) is 3.17. The SMILES string of the molecule is O=C1Nc2ccccc2C1=c1[nH]c(=O)c(=Cc2ccc(OCc3ccccc3)cn2)[nH]c1=O. The zero-order chi connectivity index (χ0) is 22.8. The summed E-state index contributed by atoms with van der Waals surface area (Å²) in [6.45, 7) is 0.412. The maximum absolute atomic E-state index is 12.7. The minimum absolute atomic E-state index is 0.0292. The number of pyridine rings is 1. The van der Waals surface area contributed by atoms with E-state index in [4.69, 9.17) is 4.74 Å². The smallest absolute Gasteiger partial charge is 0.273 e. The minimum Gasteiger partial charge on any atom is -0.487 e. The van der Waals surface area contributed by atoms with Gasteiger partial charge < -0.3 is 20.0 Å². The number of anilines is 1. The van der Waals surface area contributed by atoms with Crippen molar-refractivity contribution in [3.8, 4) is 5.75 Å². The van der Waals surface area contributed by atoms with Crippen LogP contribution in [0.25, 0.3) is 11.6 Å². The maximum atomic E-state index is 12.7. The van der Waals surface area contributed by atoms with Gasteiger partial charge in [-0.15, -0.1) is 0 Å². The van der Waals surface area contributed by atoms with Gasteiger partial charge in [0.25, 0.3) is 17.0 Å². The molecule has 3 N–H and O–H groups in total. The molecule has 1 aliphatic rings. The third-order valence-electron chi connectivity index (χ3n) is 5.18. The molecule has 0 saturated carbocycles. The summed E-state index contributed by atoms with van der Waals surface area (Å²) in [5, 5.41) is 2.64. The third-order valence-corrected chi connectivity index (χ3v) is 5.18. The van der Waals surface area contributed by atoms with Gasteiger partial charge in [0.05, 0.1) is 17.5 Å². The van der Waals surface area contributed by atoms with E-state index >= 15 is 0 Å². The Kier molecular flexibility index (Phi) is 5.16. The zero-order valence-electron chi connectivity index (χ0n) is 17.3. The fraction of sp³-hybridized carbons (Fsp3) is 0.0400. The monoisotopic (exact) mass is 438 g/mol. The van der Waals surface area contributed by atoms with Crippen molar-refractivity contribution in [3.05, 3.63) is 121 Å². The number of fused-ring (bicyclic) bond motifs is 1. The lowest BCUT2D eigenvalue weighted by Crippen LogP contribution is -2.48. The Morgan fingerprint density at radius 2 is 1.64 bits per heavy atom. The first kappa shape index (κ1) is 20.2. The van der Waals surface area contributed by atoms with Crippen LogP contribution in [0.4, 0.5) is 5.69 Å². The van der Waals surface area contributed by atoms with Crippen LogP contribution >= 0.6 is 0 Å². The first-order valence-corrected chi connectivity index (χ1v) is 10.2. The number of aromatic nitrogens is 3. The van der Waals surface area contributed by atoms with E-state index in [1.165, 1.54) is 6.08 Å². The fourth-order valence-electron chi connectivity index (χ4n) is 3.57. The molecule has 8 heteroatoms. The Bertz CT molecular complexity index is 1590. The second kappa shape index (κ2) is 8.43. The number of amides is 1. The lowest BCUT2D eigenvalue weighted by atomic mass is 10.1. The largest absolute Gasteiger partial charge is 0.487 e. The molecule has 0 bridgehead atoms. The molecular formula is C25H18N4O4. The summed E-state index contributed by atoms with van der Waals surface area (Å²) in [6, 6.07) is 20.1. The first-order chi connectivity index (χ1) is 16.1. The predicted molar refractivity (Wildman–Crippen MR) is 123 cm³/mol. The number of carbonyl (C=O) groups is 1. The molecule has 1 amide bonds. The molecule has 4 aromatic rings. The quantitative estimate of drug-likeness (QED) is 0.440. The summed E-state index contributed by atoms with van der Waals surface area (Å²) in [7, 11) is 0. The number of H-pyrrole nitrogens is 2. The highest BCUT2D eigenvalue weighted by atomic mass is 16.5. The van der Waals surface area contributed by atoms with E-state index < -0.39 is 17.0 Å². The van der Waals surface area contributed by atoms with Crippen molar-refractivity contribution in [3.63, 3.8) is 0 Å². The highest BCUT2D eigenvalue weighted by Gasteiger charge is 2.25. The van der Waals surface area contributed by atoms with Gasteiger partial charge in [0.2, 0.25) is 0 Å². The van der Waals surface area contributed by atoms with E-state index in [2.05, 4.69) is 20.3 Å². The predicted octanol–water partition coefficient (Wildman–Crippen LogP) is 1.02. The number of nitrogens with one attached hydrogen (secondary N) is 3. The Hall–Kier alpha value is -4.72. The first-order valence-electron chi connectivity index (χ1n) is 10.2. The molecule has 0 atom stereocenters. The lowest BCUT2D eigenvalue weighted by molar-refractivity contribution is -0.110. The molecule has 3 heterocycles. The summed E-state index contributed by atoms with van der Waals surface area (Å²) in [5.74, 6) is 0.137. The van der Waals surface area contributed by atoms with Crippen LogP contribution in [0.3, 0.4) is 0 Å². The number of nitrogens with zero attached hydrogens (tertiary/aromatic N) is 1. The van der Waals surface area contributed by atoms with Crippen LogP contribution in [0.15, 0.2) is 82.5 Å². The third kappa shape index (κ3) is 4.09. The van der Waals surface area contributed by atoms with Crippen molar-refractivity contribution in [2.24, 2.45) is 0 Å². The number of para-hydroxylation sites is 1. The fourth-order valence-corrected chi connectivity index (χ4v) is 3.57. The molecule has 2 aromatic heterocycles. The number of hydrogen-bond acceptors (Lipinski definition) is 5. The number of ether oxygens (including phenoxy) is 1. The molecule has 0 unspecified atom stereocenters. The van der Waals surface area contributed by atoms with Crippen LogP contribution in [0, 0.1) is 0 Å². The summed E-state index contributed by atoms with van der Waals surface area (Å²) >= 11 is 0. The molecule has 0 spiro atoms. The molecule has 162 valence electrons. The summed E-state index contributed by atoms with van der Waals surface area (Å²) in [5.41, 5.74) is 1.67. The van der Waals surface area contributed by atoms with Crippen molar-refractivity contribution in [1.82, 2.24) is 15.0 Å². The Morgan fingerprint density at radius 3 is 2.42 bits per heavy atom. The second-order valence-corrected chi connectivity index (χ2v) is 7.41. The minimum atomic E-state index is -0.578. The molecule has 5 rings (SSSR count). The van der Waals surface area contributed by atoms with Crippen molar-refractivity contribution in [2.75, 3.05) is 5.32 Å². The Labute approximate surface area is 186 Å². The Morgan fingerprint density at radius 1 is 0.848 bits per heavy atom. The highest BCUT2D eigenvalue weighted by Crippen LogP contribution is 2.28. The van der Waals surface area contributed by atoms with Gasteiger partial charge in [-0.1, -0.05) is 48.5 Å². The zero-order valence-corrected chi connectivity index (χ0v) is 17.3. The van der Waals surface area contributed by atoms with Crippen molar-refractivity contribution < 1.29 is 9.53 Å². The highest BCUT2D eigenvalue weighted by molar-refractivity contribution is 6.31. The van der Waals surface area contributed by atoms with Gasteiger partial charge in [-0.05, 0) is 29.8 Å². The summed E-state index contributed by atoms with van der Waals surface area (Å²) in [4.78, 5) is 47.1. The number of carbonyl (C=O) groups excluding carboxylic acids is 1. The van der Waals surface area contributed by atoms with E-state index in [0.29, 0.717) is 29.3 Å². The van der Waals surface area contributed by atoms with Crippen molar-refractivity contribution >= 4 is 23.2 Å². The standard InChI is InChI=1S/C25H18N4O4/c30-23-20(12-16-10-11-17(13-26-16)33-14-15-6-2-1-3-7-15)28-25(32)22(29-23)21-18-8-4-5-9-19(18)27-24(21)31/h1-13H,14H2,(H,27,31)(H,28,32)(H,29,30). The number of aromatic amines is 2. The van der Waals surface area contributed by atoms with Crippen molar-refractivity contribution in [1.29, 1.82) is 0 Å². The maximum Gasteiger partial charge on any atom is 0.273 e. The summed E-state index contributed by atoms with van der Waals surface area (Å²) in [6.07, 6.45) is 3.00. The van der Waals surface area contributed by atoms with E-state index in [0.717, 1.165) is 5.56 Å². The van der Waals surface area contributed by atoms with Crippen LogP contribution in [0.2, 0.25) is 0 Å². The average molecular weight is 438 g/mol. The molecule has 1 aliphatic heterocycles. The second-order valence-electron chi connectivity index (χ2n) is 7.41. The molecule has 0 saturated heterocycles. The van der Waals surface area contributed by atoms with Gasteiger partial charge in [0.15, 0.2) is 0 Å². The van der Waals surface area contributed by atoms with Crippen LogP contribution < -0.4 is 31.9 Å². The van der Waals surface area contributed by atoms with Gasteiger partial charge in [0, 0.05) is 11.3 Å². The van der Waals surface area contributed by atoms with E-state index in [1.807, 2.05) is 30.3 Å². The Balaban J connectivity index is 1.46. The van der Waals surface area contributed by atoms with E-state index in [-0.39, 0.29) is 16.3 Å². The van der Waals surface area contributed by atoms with E-state index in [1.54, 1.807) is 42.6 Å². The normalized spacial score (nSPS) is 14.7. The number of hydrogen-bond donors (Lipinski definition) is 3. The molecule has 0 fully saturated rings.